The SMILES string of the molecule is COc1cc(C(F)F)nc(C)c1CO. The molecule has 0 unspecified atom stereocenters. The third-order valence-electron chi connectivity index (χ3n) is 1.91. The molecule has 1 aromatic rings. The van der Waals surface area contributed by atoms with Crippen molar-refractivity contribution in [3.8, 4) is 5.75 Å². The molecule has 1 rings (SSSR count). The number of aromatic nitrogens is 1. The van der Waals surface area contributed by atoms with Gasteiger partial charge >= 0.3 is 0 Å². The van der Waals surface area contributed by atoms with E-state index in [-0.39, 0.29) is 18.1 Å². The minimum atomic E-state index is -2.63. The van der Waals surface area contributed by atoms with Crippen LogP contribution in [0.1, 0.15) is 23.4 Å². The molecule has 1 aromatic heterocycles. The Bertz CT molecular complexity index is 329. The highest BCUT2D eigenvalue weighted by molar-refractivity contribution is 5.37. The van der Waals surface area contributed by atoms with Crippen LogP contribution >= 0.6 is 0 Å². The van der Waals surface area contributed by atoms with Gasteiger partial charge in [0, 0.05) is 17.3 Å². The summed E-state index contributed by atoms with van der Waals surface area (Å²) in [5.41, 5.74) is 0.468. The summed E-state index contributed by atoms with van der Waals surface area (Å²) in [5.74, 6) is 0.246. The van der Waals surface area contributed by atoms with E-state index in [1.807, 2.05) is 0 Å². The van der Waals surface area contributed by atoms with Crippen LogP contribution < -0.4 is 4.74 Å². The number of hydrogen-bond donors (Lipinski definition) is 1. The molecule has 1 N–H and O–H groups in total. The van der Waals surface area contributed by atoms with Crippen molar-refractivity contribution in [2.75, 3.05) is 7.11 Å². The lowest BCUT2D eigenvalue weighted by molar-refractivity contribution is 0.145. The second-order valence-electron chi connectivity index (χ2n) is 2.77. The molecule has 0 bridgehead atoms. The zero-order chi connectivity index (χ0) is 10.7. The Morgan fingerprint density at radius 3 is 2.64 bits per heavy atom. The van der Waals surface area contributed by atoms with Crippen molar-refractivity contribution in [3.05, 3.63) is 23.0 Å². The van der Waals surface area contributed by atoms with Crippen LogP contribution in [0.5, 0.6) is 5.75 Å². The summed E-state index contributed by atoms with van der Waals surface area (Å²) in [7, 11) is 1.36. The molecule has 0 aliphatic rings. The van der Waals surface area contributed by atoms with Crippen LogP contribution in [-0.4, -0.2) is 17.2 Å². The second-order valence-corrected chi connectivity index (χ2v) is 2.77. The van der Waals surface area contributed by atoms with E-state index in [9.17, 15) is 8.78 Å². The van der Waals surface area contributed by atoms with Crippen molar-refractivity contribution in [1.82, 2.24) is 4.98 Å². The van der Waals surface area contributed by atoms with E-state index >= 15 is 0 Å². The van der Waals surface area contributed by atoms with E-state index in [1.54, 1.807) is 6.92 Å². The first-order valence-corrected chi connectivity index (χ1v) is 4.03. The summed E-state index contributed by atoms with van der Waals surface area (Å²) in [6.07, 6.45) is -2.63. The van der Waals surface area contributed by atoms with Crippen LogP contribution in [0.4, 0.5) is 8.78 Å². The number of alkyl halides is 2. The summed E-state index contributed by atoms with van der Waals surface area (Å²) < 4.78 is 29.5. The Hall–Kier alpha value is -1.23. The summed E-state index contributed by atoms with van der Waals surface area (Å²) in [5, 5.41) is 8.95. The maximum Gasteiger partial charge on any atom is 0.280 e. The minimum Gasteiger partial charge on any atom is -0.496 e. The van der Waals surface area contributed by atoms with Crippen LogP contribution in [0.25, 0.3) is 0 Å². The first kappa shape index (κ1) is 10.8. The Balaban J connectivity index is 3.24. The van der Waals surface area contributed by atoms with E-state index in [0.29, 0.717) is 11.3 Å². The number of pyridine rings is 1. The fraction of sp³-hybridized carbons (Fsp3) is 0.444. The van der Waals surface area contributed by atoms with Crippen molar-refractivity contribution < 1.29 is 18.6 Å². The molecule has 0 fully saturated rings. The molecule has 0 amide bonds. The van der Waals surface area contributed by atoms with Gasteiger partial charge in [-0.05, 0) is 6.92 Å². The third-order valence-corrected chi connectivity index (χ3v) is 1.91. The fourth-order valence-corrected chi connectivity index (χ4v) is 1.18. The molecule has 0 spiro atoms. The predicted molar refractivity (Wildman–Crippen MR) is 46.4 cm³/mol. The monoisotopic (exact) mass is 203 g/mol. The van der Waals surface area contributed by atoms with Crippen LogP contribution in [0.15, 0.2) is 6.07 Å². The van der Waals surface area contributed by atoms with E-state index in [0.717, 1.165) is 6.07 Å². The molecule has 0 aliphatic heterocycles. The van der Waals surface area contributed by atoms with Crippen molar-refractivity contribution in [2.45, 2.75) is 20.0 Å². The molecule has 5 heteroatoms. The molecule has 0 atom stereocenters. The third kappa shape index (κ3) is 1.98. The lowest BCUT2D eigenvalue weighted by atomic mass is 10.1. The van der Waals surface area contributed by atoms with Gasteiger partial charge in [-0.15, -0.1) is 0 Å². The van der Waals surface area contributed by atoms with Crippen molar-refractivity contribution in [3.63, 3.8) is 0 Å². The number of aryl methyl sites for hydroxylation is 1. The lowest BCUT2D eigenvalue weighted by Gasteiger charge is -2.10. The topological polar surface area (TPSA) is 42.4 Å². The molecule has 1 heterocycles. The Labute approximate surface area is 80.3 Å². The molecule has 78 valence electrons. The van der Waals surface area contributed by atoms with Gasteiger partial charge in [0.2, 0.25) is 0 Å². The van der Waals surface area contributed by atoms with E-state index in [4.69, 9.17) is 9.84 Å². The zero-order valence-corrected chi connectivity index (χ0v) is 7.92. The van der Waals surface area contributed by atoms with Crippen molar-refractivity contribution in [1.29, 1.82) is 0 Å². The van der Waals surface area contributed by atoms with Gasteiger partial charge < -0.3 is 9.84 Å². The van der Waals surface area contributed by atoms with Gasteiger partial charge in [0.05, 0.1) is 13.7 Å². The van der Waals surface area contributed by atoms with Crippen molar-refractivity contribution >= 4 is 0 Å². The van der Waals surface area contributed by atoms with Crippen LogP contribution in [0.2, 0.25) is 0 Å². The first-order chi connectivity index (χ1) is 6.60. The molecular weight excluding hydrogens is 192 g/mol. The van der Waals surface area contributed by atoms with Crippen molar-refractivity contribution in [2.24, 2.45) is 0 Å². The van der Waals surface area contributed by atoms with Crippen LogP contribution in [-0.2, 0) is 6.61 Å². The van der Waals surface area contributed by atoms with Gasteiger partial charge in [-0.3, -0.25) is 4.98 Å². The smallest absolute Gasteiger partial charge is 0.280 e. The first-order valence-electron chi connectivity index (χ1n) is 4.03. The maximum absolute atomic E-state index is 12.3. The minimum absolute atomic E-state index is 0.246. The number of aliphatic hydroxyl groups excluding tert-OH is 1. The average Bonchev–Trinajstić information content (AvgIpc) is 2.16. The number of rotatable bonds is 3. The Morgan fingerprint density at radius 1 is 1.57 bits per heavy atom. The summed E-state index contributed by atoms with van der Waals surface area (Å²) >= 11 is 0. The number of aliphatic hydroxyl groups is 1. The number of hydrogen-bond acceptors (Lipinski definition) is 3. The number of ether oxygens (including phenoxy) is 1. The Morgan fingerprint density at radius 2 is 2.21 bits per heavy atom. The average molecular weight is 203 g/mol. The van der Waals surface area contributed by atoms with Gasteiger partial charge in [-0.2, -0.15) is 0 Å². The van der Waals surface area contributed by atoms with Gasteiger partial charge in [0.15, 0.2) is 0 Å². The highest BCUT2D eigenvalue weighted by atomic mass is 19.3. The predicted octanol–water partition coefficient (Wildman–Crippen LogP) is 1.83. The normalized spacial score (nSPS) is 10.7. The highest BCUT2D eigenvalue weighted by Crippen LogP contribution is 2.26. The molecule has 0 aromatic carbocycles. The number of methoxy groups -OCH3 is 1. The molecule has 14 heavy (non-hydrogen) atoms. The standard InChI is InChI=1S/C9H11F2NO2/c1-5-6(4-13)8(14-2)3-7(12-5)9(10)11/h3,9,13H,4H2,1-2H3. The largest absolute Gasteiger partial charge is 0.496 e. The molecular formula is C9H11F2NO2. The van der Waals surface area contributed by atoms with Gasteiger partial charge in [0.25, 0.3) is 6.43 Å². The summed E-state index contributed by atoms with van der Waals surface area (Å²) in [4.78, 5) is 3.66. The molecule has 3 nitrogen and oxygen atoms in total. The molecule has 0 saturated heterocycles. The quantitative estimate of drug-likeness (QED) is 0.814. The summed E-state index contributed by atoms with van der Waals surface area (Å²) in [6, 6.07) is 1.14. The Kier molecular flexibility index (Phi) is 3.35. The van der Waals surface area contributed by atoms with E-state index < -0.39 is 6.43 Å². The van der Waals surface area contributed by atoms with Crippen LogP contribution in [0, 0.1) is 6.92 Å². The molecule has 0 saturated carbocycles. The maximum atomic E-state index is 12.3. The van der Waals surface area contributed by atoms with Gasteiger partial charge in [0.1, 0.15) is 11.4 Å². The van der Waals surface area contributed by atoms with Gasteiger partial charge in [-0.1, -0.05) is 0 Å². The second kappa shape index (κ2) is 4.32. The zero-order valence-electron chi connectivity index (χ0n) is 7.92. The van der Waals surface area contributed by atoms with Gasteiger partial charge in [-0.25, -0.2) is 8.78 Å². The lowest BCUT2D eigenvalue weighted by Crippen LogP contribution is -2.01. The molecule has 0 aliphatic carbocycles. The highest BCUT2D eigenvalue weighted by Gasteiger charge is 2.15. The number of halogens is 2. The summed E-state index contributed by atoms with van der Waals surface area (Å²) in [6.45, 7) is 1.28. The van der Waals surface area contributed by atoms with E-state index in [1.165, 1.54) is 7.11 Å². The van der Waals surface area contributed by atoms with Crippen LogP contribution in [0.3, 0.4) is 0 Å². The molecule has 0 radical (unpaired) electrons. The fourth-order valence-electron chi connectivity index (χ4n) is 1.18. The number of nitrogens with zero attached hydrogens (tertiary/aromatic N) is 1. The van der Waals surface area contributed by atoms with E-state index in [2.05, 4.69) is 4.98 Å².